The van der Waals surface area contributed by atoms with Crippen molar-refractivity contribution in [1.82, 2.24) is 5.32 Å². The normalized spacial score (nSPS) is 12.5. The van der Waals surface area contributed by atoms with E-state index < -0.39 is 0 Å². The quantitative estimate of drug-likeness (QED) is 0.808. The number of halogens is 1. The molecule has 0 aliphatic rings. The van der Waals surface area contributed by atoms with Crippen LogP contribution in [0.15, 0.2) is 18.2 Å². The summed E-state index contributed by atoms with van der Waals surface area (Å²) in [5.74, 6) is -0.162. The second kappa shape index (κ2) is 7.34. The highest BCUT2D eigenvalue weighted by atomic mass is 19.1. The molecule has 18 heavy (non-hydrogen) atoms. The first-order valence-corrected chi connectivity index (χ1v) is 6.31. The Kier molecular flexibility index (Phi) is 6.09. The molecule has 1 aromatic carbocycles. The zero-order valence-corrected chi connectivity index (χ0v) is 11.7. The molecule has 0 bridgehead atoms. The molecule has 0 heterocycles. The number of hydrogen-bond donors (Lipinski definition) is 1. The molecule has 1 rings (SSSR count). The summed E-state index contributed by atoms with van der Waals surface area (Å²) in [5.41, 5.74) is 1.63. The van der Waals surface area contributed by atoms with Crippen LogP contribution in [0.25, 0.3) is 0 Å². The van der Waals surface area contributed by atoms with Gasteiger partial charge in [-0.15, -0.1) is 0 Å². The Morgan fingerprint density at radius 3 is 2.78 bits per heavy atom. The standard InChI is InChI=1S/C14H23FN2O/c1-5-16-9-12-13(15)7-6-8-14(12)17(3)11(2)10-18-4/h6-8,11,16H,5,9-10H2,1-4H3. The van der Waals surface area contributed by atoms with Crippen molar-refractivity contribution < 1.29 is 9.13 Å². The van der Waals surface area contributed by atoms with E-state index in [0.717, 1.165) is 12.2 Å². The summed E-state index contributed by atoms with van der Waals surface area (Å²) in [6.07, 6.45) is 0. The van der Waals surface area contributed by atoms with Crippen LogP contribution < -0.4 is 10.2 Å². The summed E-state index contributed by atoms with van der Waals surface area (Å²) in [6, 6.07) is 5.40. The molecule has 0 aliphatic heterocycles. The molecule has 4 heteroatoms. The van der Waals surface area contributed by atoms with Gasteiger partial charge in [-0.25, -0.2) is 4.39 Å². The number of rotatable bonds is 7. The zero-order valence-electron chi connectivity index (χ0n) is 11.7. The predicted octanol–water partition coefficient (Wildman–Crippen LogP) is 2.41. The third-order valence-corrected chi connectivity index (χ3v) is 3.09. The summed E-state index contributed by atoms with van der Waals surface area (Å²) >= 11 is 0. The monoisotopic (exact) mass is 254 g/mol. The van der Waals surface area contributed by atoms with E-state index in [1.54, 1.807) is 13.2 Å². The van der Waals surface area contributed by atoms with Gasteiger partial charge in [0, 0.05) is 38.0 Å². The molecule has 3 nitrogen and oxygen atoms in total. The maximum atomic E-state index is 13.9. The Bertz CT molecular complexity index is 371. The van der Waals surface area contributed by atoms with Crippen molar-refractivity contribution in [3.63, 3.8) is 0 Å². The lowest BCUT2D eigenvalue weighted by molar-refractivity contribution is 0.183. The van der Waals surface area contributed by atoms with Crippen molar-refractivity contribution in [1.29, 1.82) is 0 Å². The molecule has 1 N–H and O–H groups in total. The van der Waals surface area contributed by atoms with Crippen LogP contribution in [-0.4, -0.2) is 33.4 Å². The number of anilines is 1. The van der Waals surface area contributed by atoms with E-state index in [9.17, 15) is 4.39 Å². The Morgan fingerprint density at radius 1 is 1.44 bits per heavy atom. The lowest BCUT2D eigenvalue weighted by atomic mass is 10.1. The van der Waals surface area contributed by atoms with Crippen LogP contribution in [0.5, 0.6) is 0 Å². The smallest absolute Gasteiger partial charge is 0.129 e. The largest absolute Gasteiger partial charge is 0.383 e. The van der Waals surface area contributed by atoms with Crippen LogP contribution in [0.2, 0.25) is 0 Å². The highest BCUT2D eigenvalue weighted by molar-refractivity contribution is 5.54. The number of methoxy groups -OCH3 is 1. The molecule has 0 aromatic heterocycles. The molecule has 1 atom stereocenters. The van der Waals surface area contributed by atoms with Gasteiger partial charge in [0.25, 0.3) is 0 Å². The van der Waals surface area contributed by atoms with Gasteiger partial charge in [0.05, 0.1) is 6.61 Å². The van der Waals surface area contributed by atoms with E-state index in [-0.39, 0.29) is 11.9 Å². The van der Waals surface area contributed by atoms with Gasteiger partial charge < -0.3 is 15.0 Å². The van der Waals surface area contributed by atoms with Crippen molar-refractivity contribution >= 4 is 5.69 Å². The van der Waals surface area contributed by atoms with Gasteiger partial charge in [-0.1, -0.05) is 13.0 Å². The molecule has 1 aromatic rings. The van der Waals surface area contributed by atoms with E-state index in [1.165, 1.54) is 6.07 Å². The highest BCUT2D eigenvalue weighted by Crippen LogP contribution is 2.23. The maximum Gasteiger partial charge on any atom is 0.129 e. The van der Waals surface area contributed by atoms with Crippen LogP contribution in [0.1, 0.15) is 19.4 Å². The topological polar surface area (TPSA) is 24.5 Å². The van der Waals surface area contributed by atoms with Crippen molar-refractivity contribution in [3.05, 3.63) is 29.6 Å². The minimum Gasteiger partial charge on any atom is -0.383 e. The summed E-state index contributed by atoms with van der Waals surface area (Å²) < 4.78 is 19.0. The second-order valence-electron chi connectivity index (χ2n) is 4.43. The number of benzene rings is 1. The molecule has 0 aliphatic carbocycles. The van der Waals surface area contributed by atoms with E-state index in [2.05, 4.69) is 17.1 Å². The fourth-order valence-corrected chi connectivity index (χ4v) is 1.89. The Hall–Kier alpha value is -1.13. The van der Waals surface area contributed by atoms with Crippen LogP contribution in [-0.2, 0) is 11.3 Å². The minimum absolute atomic E-state index is 0.162. The first-order valence-electron chi connectivity index (χ1n) is 6.31. The zero-order chi connectivity index (χ0) is 13.5. The van der Waals surface area contributed by atoms with Gasteiger partial charge in [-0.3, -0.25) is 0 Å². The summed E-state index contributed by atoms with van der Waals surface area (Å²) in [5, 5.41) is 3.17. The maximum absolute atomic E-state index is 13.9. The number of ether oxygens (including phenoxy) is 1. The lowest BCUT2D eigenvalue weighted by Gasteiger charge is -2.28. The van der Waals surface area contributed by atoms with Crippen LogP contribution in [0, 0.1) is 5.82 Å². The average Bonchev–Trinajstić information content (AvgIpc) is 2.36. The van der Waals surface area contributed by atoms with E-state index >= 15 is 0 Å². The summed E-state index contributed by atoms with van der Waals surface area (Å²) in [6.45, 7) is 6.06. The van der Waals surface area contributed by atoms with Crippen molar-refractivity contribution in [2.45, 2.75) is 26.4 Å². The third kappa shape index (κ3) is 3.68. The van der Waals surface area contributed by atoms with Crippen molar-refractivity contribution in [2.24, 2.45) is 0 Å². The predicted molar refractivity (Wildman–Crippen MR) is 73.5 cm³/mol. The van der Waals surface area contributed by atoms with Gasteiger partial charge in [0.2, 0.25) is 0 Å². The first-order chi connectivity index (χ1) is 8.61. The Labute approximate surface area is 109 Å². The fraction of sp³-hybridized carbons (Fsp3) is 0.571. The number of nitrogens with zero attached hydrogens (tertiary/aromatic N) is 1. The van der Waals surface area contributed by atoms with Crippen molar-refractivity contribution in [3.8, 4) is 0 Å². The van der Waals surface area contributed by atoms with Gasteiger partial charge in [-0.05, 0) is 25.6 Å². The van der Waals surface area contributed by atoms with Gasteiger partial charge in [-0.2, -0.15) is 0 Å². The molecule has 0 fully saturated rings. The second-order valence-corrected chi connectivity index (χ2v) is 4.43. The molecular formula is C14H23FN2O. The molecule has 0 spiro atoms. The average molecular weight is 254 g/mol. The Balaban J connectivity index is 2.95. The number of hydrogen-bond acceptors (Lipinski definition) is 3. The molecular weight excluding hydrogens is 231 g/mol. The third-order valence-electron chi connectivity index (χ3n) is 3.09. The van der Waals surface area contributed by atoms with Gasteiger partial charge in [0.15, 0.2) is 0 Å². The molecule has 0 saturated carbocycles. The Morgan fingerprint density at radius 2 is 2.17 bits per heavy atom. The first kappa shape index (κ1) is 14.9. The van der Waals surface area contributed by atoms with Gasteiger partial charge in [0.1, 0.15) is 5.82 Å². The summed E-state index contributed by atoms with van der Waals surface area (Å²) in [4.78, 5) is 2.05. The SMILES string of the molecule is CCNCc1c(F)cccc1N(C)C(C)COC. The van der Waals surface area contributed by atoms with Gasteiger partial charge >= 0.3 is 0 Å². The van der Waals surface area contributed by atoms with Crippen LogP contribution in [0.4, 0.5) is 10.1 Å². The van der Waals surface area contributed by atoms with Crippen molar-refractivity contribution in [2.75, 3.05) is 32.2 Å². The minimum atomic E-state index is -0.162. The highest BCUT2D eigenvalue weighted by Gasteiger charge is 2.15. The molecule has 102 valence electrons. The van der Waals surface area contributed by atoms with E-state index in [4.69, 9.17) is 4.74 Å². The molecule has 0 amide bonds. The molecule has 0 radical (unpaired) electrons. The lowest BCUT2D eigenvalue weighted by Crippen LogP contribution is -2.34. The summed E-state index contributed by atoms with van der Waals surface area (Å²) in [7, 11) is 3.64. The number of nitrogens with one attached hydrogen (secondary N) is 1. The van der Waals surface area contributed by atoms with E-state index in [0.29, 0.717) is 18.7 Å². The fourth-order valence-electron chi connectivity index (χ4n) is 1.89. The number of likely N-dealkylation sites (N-methyl/N-ethyl adjacent to an activating group) is 1. The molecule has 1 unspecified atom stereocenters. The van der Waals surface area contributed by atoms with Crippen LogP contribution >= 0.6 is 0 Å². The van der Waals surface area contributed by atoms with E-state index in [1.807, 2.05) is 20.0 Å². The van der Waals surface area contributed by atoms with Crippen LogP contribution in [0.3, 0.4) is 0 Å². The molecule has 0 saturated heterocycles.